The second-order valence-electron chi connectivity index (χ2n) is 7.35. The number of halogens is 3. The molecule has 3 rings (SSSR count). The number of alkyl halides is 3. The van der Waals surface area contributed by atoms with Gasteiger partial charge in [-0.05, 0) is 6.26 Å². The number of aromatic nitrogens is 4. The molecule has 0 spiro atoms. The van der Waals surface area contributed by atoms with E-state index in [2.05, 4.69) is 20.3 Å². The first-order valence-electron chi connectivity index (χ1n) is 10.5. The Balaban J connectivity index is 1.81. The highest BCUT2D eigenvalue weighted by molar-refractivity contribution is 7.99. The Bertz CT molecular complexity index is 1020. The number of nitrogens with one attached hydrogen (secondary N) is 1. The summed E-state index contributed by atoms with van der Waals surface area (Å²) in [6.45, 7) is 0.322. The zero-order valence-electron chi connectivity index (χ0n) is 19.2. The molecule has 17 heteroatoms. The van der Waals surface area contributed by atoms with Crippen molar-refractivity contribution in [3.63, 3.8) is 0 Å². The monoisotopic (exact) mass is 561 g/mol. The Labute approximate surface area is 208 Å². The van der Waals surface area contributed by atoms with E-state index < -0.39 is 38.9 Å². The number of aliphatic hydroxyl groups excluding tert-OH is 1. The molecule has 1 saturated heterocycles. The number of hydrogen-bond acceptors (Lipinski definition) is 12. The van der Waals surface area contributed by atoms with Crippen LogP contribution in [0.4, 0.5) is 19.0 Å². The van der Waals surface area contributed by atoms with Crippen LogP contribution in [0.5, 0.6) is 0 Å². The van der Waals surface area contributed by atoms with Gasteiger partial charge in [0.05, 0.1) is 25.5 Å². The molecule has 0 unspecified atom stereocenters. The average molecular weight is 562 g/mol. The first-order valence-corrected chi connectivity index (χ1v) is 14.3. The molecular weight excluding hydrogens is 534 g/mol. The number of anilines is 1. The van der Waals surface area contributed by atoms with Crippen LogP contribution in [0, 0.1) is 0 Å². The summed E-state index contributed by atoms with van der Waals surface area (Å²) in [6.07, 6.45) is -4.17. The van der Waals surface area contributed by atoms with Crippen molar-refractivity contribution in [2.24, 2.45) is 0 Å². The molecule has 35 heavy (non-hydrogen) atoms. The third kappa shape index (κ3) is 7.68. The van der Waals surface area contributed by atoms with E-state index in [1.807, 2.05) is 6.26 Å². The van der Waals surface area contributed by atoms with E-state index in [9.17, 15) is 22.8 Å². The number of hydrogen-bond donors (Lipinski definition) is 2. The molecule has 1 fully saturated rings. The number of phosphoric ester groups is 1. The highest BCUT2D eigenvalue weighted by Gasteiger charge is 2.38. The summed E-state index contributed by atoms with van der Waals surface area (Å²) in [6, 6.07) is 0. The molecule has 0 bridgehead atoms. The van der Waals surface area contributed by atoms with E-state index in [4.69, 9.17) is 18.3 Å². The summed E-state index contributed by atoms with van der Waals surface area (Å²) < 4.78 is 72.0. The molecule has 2 N–H and O–H groups in total. The Kier molecular flexibility index (Phi) is 10.1. The molecular formula is C18H27F3N5O6PS2. The van der Waals surface area contributed by atoms with Gasteiger partial charge in [-0.25, -0.2) is 19.5 Å². The molecule has 1 aliphatic heterocycles. The lowest BCUT2D eigenvalue weighted by atomic mass is 10.2. The van der Waals surface area contributed by atoms with Gasteiger partial charge in [-0.3, -0.25) is 18.1 Å². The third-order valence-electron chi connectivity index (χ3n) is 4.97. The normalized spacial score (nSPS) is 21.2. The number of imidazole rings is 1. The fourth-order valence-corrected chi connectivity index (χ4v) is 5.02. The van der Waals surface area contributed by atoms with Crippen LogP contribution < -0.4 is 5.32 Å². The van der Waals surface area contributed by atoms with Crippen molar-refractivity contribution in [3.8, 4) is 0 Å². The smallest absolute Gasteiger partial charge is 0.390 e. The van der Waals surface area contributed by atoms with Crippen molar-refractivity contribution in [2.75, 3.05) is 50.4 Å². The number of rotatable bonds is 13. The van der Waals surface area contributed by atoms with Gasteiger partial charge in [0.25, 0.3) is 0 Å². The van der Waals surface area contributed by atoms with Gasteiger partial charge in [-0.1, -0.05) is 11.8 Å². The maximum Gasteiger partial charge on any atom is 0.474 e. The van der Waals surface area contributed by atoms with Crippen molar-refractivity contribution in [3.05, 3.63) is 6.33 Å². The topological polar surface area (TPSA) is 130 Å². The second kappa shape index (κ2) is 12.4. The van der Waals surface area contributed by atoms with Crippen LogP contribution in [0.1, 0.15) is 19.1 Å². The lowest BCUT2D eigenvalue weighted by molar-refractivity contribution is -0.129. The SMILES string of the molecule is COP(=O)(OC)OC[C@H]1O[C@@H](n2cnc3c(NCCSC)nc(SCCC(F)(F)F)nc32)C[C@@H]1O. The van der Waals surface area contributed by atoms with Crippen LogP contribution in [0.3, 0.4) is 0 Å². The highest BCUT2D eigenvalue weighted by atomic mass is 32.2. The Morgan fingerprint density at radius 1 is 1.31 bits per heavy atom. The van der Waals surface area contributed by atoms with Gasteiger partial charge in [-0.2, -0.15) is 24.9 Å². The predicted molar refractivity (Wildman–Crippen MR) is 126 cm³/mol. The summed E-state index contributed by atoms with van der Waals surface area (Å²) in [4.78, 5) is 13.1. The van der Waals surface area contributed by atoms with E-state index in [1.54, 1.807) is 16.3 Å². The fourth-order valence-electron chi connectivity index (χ4n) is 3.21. The summed E-state index contributed by atoms with van der Waals surface area (Å²) in [7, 11) is -1.41. The minimum Gasteiger partial charge on any atom is -0.390 e. The van der Waals surface area contributed by atoms with Crippen LogP contribution in [-0.2, 0) is 22.9 Å². The minimum absolute atomic E-state index is 0.152. The van der Waals surface area contributed by atoms with Gasteiger partial charge in [0.15, 0.2) is 22.1 Å². The number of aliphatic hydroxyl groups is 1. The van der Waals surface area contributed by atoms with Gasteiger partial charge in [0.1, 0.15) is 12.3 Å². The van der Waals surface area contributed by atoms with E-state index in [1.165, 1.54) is 20.5 Å². The zero-order chi connectivity index (χ0) is 25.6. The Hall–Kier alpha value is -1.13. The highest BCUT2D eigenvalue weighted by Crippen LogP contribution is 2.48. The van der Waals surface area contributed by atoms with Gasteiger partial charge in [0.2, 0.25) is 0 Å². The van der Waals surface area contributed by atoms with E-state index in [0.29, 0.717) is 23.5 Å². The van der Waals surface area contributed by atoms with Gasteiger partial charge in [0, 0.05) is 38.7 Å². The first-order chi connectivity index (χ1) is 16.6. The maximum atomic E-state index is 12.6. The number of ether oxygens (including phenoxy) is 1. The summed E-state index contributed by atoms with van der Waals surface area (Å²) in [5.41, 5.74) is 0.770. The van der Waals surface area contributed by atoms with Crippen LogP contribution in [0.15, 0.2) is 11.5 Å². The molecule has 11 nitrogen and oxygen atoms in total. The first kappa shape index (κ1) is 28.4. The molecule has 0 saturated carbocycles. The molecule has 2 aromatic heterocycles. The van der Waals surface area contributed by atoms with Crippen molar-refractivity contribution >= 4 is 48.3 Å². The van der Waals surface area contributed by atoms with Crippen LogP contribution in [0.2, 0.25) is 0 Å². The number of nitrogens with zero attached hydrogens (tertiary/aromatic N) is 4. The van der Waals surface area contributed by atoms with E-state index in [0.717, 1.165) is 17.5 Å². The molecule has 0 radical (unpaired) electrons. The largest absolute Gasteiger partial charge is 0.474 e. The zero-order valence-corrected chi connectivity index (χ0v) is 21.8. The predicted octanol–water partition coefficient (Wildman–Crippen LogP) is 3.71. The number of fused-ring (bicyclic) bond motifs is 1. The number of phosphoric acid groups is 1. The lowest BCUT2D eigenvalue weighted by Gasteiger charge is -2.19. The minimum atomic E-state index is -4.28. The Morgan fingerprint density at radius 2 is 2.06 bits per heavy atom. The summed E-state index contributed by atoms with van der Waals surface area (Å²) >= 11 is 2.51. The van der Waals surface area contributed by atoms with Crippen molar-refractivity contribution in [1.29, 1.82) is 0 Å². The molecule has 0 aliphatic carbocycles. The molecule has 0 aromatic carbocycles. The molecule has 3 heterocycles. The fraction of sp³-hybridized carbons (Fsp3) is 0.722. The van der Waals surface area contributed by atoms with Gasteiger partial charge < -0.3 is 15.2 Å². The van der Waals surface area contributed by atoms with Crippen LogP contribution >= 0.6 is 31.3 Å². The number of thioether (sulfide) groups is 2. The lowest BCUT2D eigenvalue weighted by Crippen LogP contribution is -2.26. The van der Waals surface area contributed by atoms with Gasteiger partial charge in [-0.15, -0.1) is 0 Å². The molecule has 198 valence electrons. The van der Waals surface area contributed by atoms with E-state index >= 15 is 0 Å². The molecule has 3 atom stereocenters. The second-order valence-corrected chi connectivity index (χ2v) is 11.3. The van der Waals surface area contributed by atoms with Crippen molar-refractivity contribution in [2.45, 2.75) is 42.6 Å². The van der Waals surface area contributed by atoms with E-state index in [-0.39, 0.29) is 23.9 Å². The van der Waals surface area contributed by atoms with Crippen molar-refractivity contribution < 1.29 is 41.2 Å². The third-order valence-corrected chi connectivity index (χ3v) is 7.80. The van der Waals surface area contributed by atoms with Gasteiger partial charge >= 0.3 is 14.0 Å². The molecule has 1 aliphatic rings. The van der Waals surface area contributed by atoms with Crippen molar-refractivity contribution in [1.82, 2.24) is 19.5 Å². The molecule has 0 amide bonds. The maximum absolute atomic E-state index is 12.6. The quantitative estimate of drug-likeness (QED) is 0.160. The van der Waals surface area contributed by atoms with Crippen LogP contribution in [-0.4, -0.2) is 88.1 Å². The Morgan fingerprint density at radius 3 is 2.71 bits per heavy atom. The summed E-state index contributed by atoms with van der Waals surface area (Å²) in [5.74, 6) is 0.955. The van der Waals surface area contributed by atoms with Crippen LogP contribution in [0.25, 0.3) is 11.2 Å². The average Bonchev–Trinajstić information content (AvgIpc) is 3.40. The summed E-state index contributed by atoms with van der Waals surface area (Å²) in [5, 5.41) is 13.8. The molecule has 2 aromatic rings. The standard InChI is InChI=1S/C18H27F3N5O6PS2/c1-29-33(28,30-2)31-9-12-11(27)8-13(32-12)26-10-23-14-15(22-5-7-34-3)24-17(25-16(14)26)35-6-4-18(19,20)21/h10-13,27H,4-9H2,1-3H3,(H,22,24,25)/t11-,12+,13+/m0/s1.